The first-order valence-electron chi connectivity index (χ1n) is 6.92. The molecule has 6 heteroatoms. The fourth-order valence-electron chi connectivity index (χ4n) is 1.22. The van der Waals surface area contributed by atoms with Crippen LogP contribution in [0.4, 0.5) is 0 Å². The van der Waals surface area contributed by atoms with E-state index in [2.05, 4.69) is 42.3 Å². The summed E-state index contributed by atoms with van der Waals surface area (Å²) in [5, 5.41) is 0.276. The molecule has 0 saturated carbocycles. The Kier molecular flexibility index (Phi) is 9.06. The molecule has 0 aromatic rings. The Morgan fingerprint density at radius 3 is 1.25 bits per heavy atom. The minimum atomic E-state index is 0.138. The monoisotopic (exact) mass is 322 g/mol. The molecular weight excluding hydrogens is 292 g/mol. The molecule has 0 rings (SSSR count). The molecule has 0 saturated heterocycles. The standard InChI is InChI=1S/C14H30N2O2S2/c1-15(2,3)9-11-19-13(17)7-8-14(18)20-12-10-16(4,5)6/h7-12H2,1-6H3/q+2. The van der Waals surface area contributed by atoms with Crippen LogP contribution in [0.3, 0.4) is 0 Å². The topological polar surface area (TPSA) is 34.1 Å². The Morgan fingerprint density at radius 2 is 1.00 bits per heavy atom. The summed E-state index contributed by atoms with van der Waals surface area (Å²) in [4.78, 5) is 23.3. The molecule has 0 amide bonds. The molecule has 0 aliphatic carbocycles. The first-order chi connectivity index (χ1) is 8.99. The van der Waals surface area contributed by atoms with Gasteiger partial charge < -0.3 is 8.97 Å². The first kappa shape index (κ1) is 20.0. The summed E-state index contributed by atoms with van der Waals surface area (Å²) < 4.78 is 1.72. The van der Waals surface area contributed by atoms with Crippen LogP contribution in [0.25, 0.3) is 0 Å². The maximum absolute atomic E-state index is 11.7. The molecule has 0 bridgehead atoms. The quantitative estimate of drug-likeness (QED) is 0.605. The molecule has 0 radical (unpaired) electrons. The van der Waals surface area contributed by atoms with Gasteiger partial charge in [-0.1, -0.05) is 23.5 Å². The lowest BCUT2D eigenvalue weighted by molar-refractivity contribution is -0.867. The van der Waals surface area contributed by atoms with E-state index in [1.54, 1.807) is 0 Å². The number of thioether (sulfide) groups is 2. The van der Waals surface area contributed by atoms with Gasteiger partial charge in [-0.05, 0) is 0 Å². The van der Waals surface area contributed by atoms with Crippen molar-refractivity contribution in [1.82, 2.24) is 0 Å². The molecule has 0 spiro atoms. The minimum Gasteiger partial charge on any atom is -0.330 e. The predicted octanol–water partition coefficient (Wildman–Crippen LogP) is 1.70. The third kappa shape index (κ3) is 14.4. The van der Waals surface area contributed by atoms with Crippen LogP contribution in [0.2, 0.25) is 0 Å². The Balaban J connectivity index is 3.66. The molecule has 0 N–H and O–H groups in total. The summed E-state index contributed by atoms with van der Waals surface area (Å²) in [6, 6.07) is 0. The van der Waals surface area contributed by atoms with Gasteiger partial charge in [0.15, 0.2) is 10.2 Å². The van der Waals surface area contributed by atoms with Gasteiger partial charge in [-0.25, -0.2) is 0 Å². The van der Waals surface area contributed by atoms with Crippen molar-refractivity contribution in [2.45, 2.75) is 12.8 Å². The Morgan fingerprint density at radius 1 is 0.700 bits per heavy atom. The van der Waals surface area contributed by atoms with Gasteiger partial charge in [0.1, 0.15) is 0 Å². The molecule has 0 fully saturated rings. The van der Waals surface area contributed by atoms with Crippen LogP contribution in [0.15, 0.2) is 0 Å². The molecule has 20 heavy (non-hydrogen) atoms. The summed E-state index contributed by atoms with van der Waals surface area (Å²) in [5.74, 6) is 1.65. The summed E-state index contributed by atoms with van der Waals surface area (Å²) in [6.45, 7) is 1.92. The number of rotatable bonds is 9. The zero-order valence-corrected chi connectivity index (χ0v) is 15.4. The van der Waals surface area contributed by atoms with Gasteiger partial charge in [0.25, 0.3) is 0 Å². The lowest BCUT2D eigenvalue weighted by Gasteiger charge is -2.23. The van der Waals surface area contributed by atoms with Crippen LogP contribution < -0.4 is 0 Å². The first-order valence-corrected chi connectivity index (χ1v) is 8.89. The average Bonchev–Trinajstić information content (AvgIpc) is 2.22. The Hall–Kier alpha value is -0.0400. The van der Waals surface area contributed by atoms with Gasteiger partial charge in [0.05, 0.1) is 66.9 Å². The van der Waals surface area contributed by atoms with Gasteiger partial charge >= 0.3 is 0 Å². The van der Waals surface area contributed by atoms with Crippen molar-refractivity contribution in [2.24, 2.45) is 0 Å². The molecule has 0 aliphatic heterocycles. The number of hydrogen-bond acceptors (Lipinski definition) is 4. The number of quaternary nitrogens is 2. The molecule has 0 aromatic heterocycles. The lowest BCUT2D eigenvalue weighted by Crippen LogP contribution is -2.36. The third-order valence-electron chi connectivity index (χ3n) is 2.58. The van der Waals surface area contributed by atoms with Crippen molar-refractivity contribution in [2.75, 3.05) is 66.9 Å². The molecule has 0 aromatic carbocycles. The number of carbonyl (C=O) groups excluding carboxylic acids is 2. The van der Waals surface area contributed by atoms with E-state index in [0.29, 0.717) is 12.8 Å². The number of hydrogen-bond donors (Lipinski definition) is 0. The average molecular weight is 323 g/mol. The van der Waals surface area contributed by atoms with E-state index in [1.807, 2.05) is 0 Å². The predicted molar refractivity (Wildman–Crippen MR) is 90.0 cm³/mol. The minimum absolute atomic E-state index is 0.138. The molecular formula is C14H30N2O2S2+2. The zero-order chi connectivity index (χ0) is 15.8. The van der Waals surface area contributed by atoms with E-state index in [-0.39, 0.29) is 10.2 Å². The van der Waals surface area contributed by atoms with E-state index >= 15 is 0 Å². The number of carbonyl (C=O) groups is 2. The highest BCUT2D eigenvalue weighted by molar-refractivity contribution is 8.14. The van der Waals surface area contributed by atoms with Crippen LogP contribution in [0.5, 0.6) is 0 Å². The van der Waals surface area contributed by atoms with Crippen molar-refractivity contribution >= 4 is 33.8 Å². The van der Waals surface area contributed by atoms with Gasteiger partial charge in [-0.3, -0.25) is 9.59 Å². The number of nitrogens with zero attached hydrogens (tertiary/aromatic N) is 2. The van der Waals surface area contributed by atoms with Gasteiger partial charge in [0, 0.05) is 12.8 Å². The highest BCUT2D eigenvalue weighted by atomic mass is 32.2. The second-order valence-electron chi connectivity index (χ2n) is 6.97. The van der Waals surface area contributed by atoms with Crippen LogP contribution in [-0.2, 0) is 9.59 Å². The maximum Gasteiger partial charge on any atom is 0.189 e. The van der Waals surface area contributed by atoms with Crippen LogP contribution >= 0.6 is 23.5 Å². The lowest BCUT2D eigenvalue weighted by atomic mass is 10.4. The molecule has 0 heterocycles. The molecule has 0 atom stereocenters. The van der Waals surface area contributed by atoms with Crippen molar-refractivity contribution in [1.29, 1.82) is 0 Å². The smallest absolute Gasteiger partial charge is 0.189 e. The van der Waals surface area contributed by atoms with Crippen LogP contribution in [0.1, 0.15) is 12.8 Å². The van der Waals surface area contributed by atoms with Gasteiger partial charge in [0.2, 0.25) is 0 Å². The SMILES string of the molecule is C[N+](C)(C)CCSC(=O)CCC(=O)SCC[N+](C)(C)C. The van der Waals surface area contributed by atoms with Gasteiger partial charge in [-0.15, -0.1) is 0 Å². The van der Waals surface area contributed by atoms with E-state index in [4.69, 9.17) is 0 Å². The summed E-state index contributed by atoms with van der Waals surface area (Å²) >= 11 is 2.71. The van der Waals surface area contributed by atoms with E-state index in [9.17, 15) is 9.59 Å². The van der Waals surface area contributed by atoms with E-state index in [0.717, 1.165) is 33.6 Å². The second-order valence-corrected chi connectivity index (χ2v) is 9.27. The molecule has 0 unspecified atom stereocenters. The molecule has 118 valence electrons. The van der Waals surface area contributed by atoms with Crippen molar-refractivity contribution in [3.8, 4) is 0 Å². The Bertz CT molecular complexity index is 288. The summed E-state index contributed by atoms with van der Waals surface area (Å²) in [7, 11) is 12.7. The van der Waals surface area contributed by atoms with Crippen LogP contribution in [0, 0.1) is 0 Å². The van der Waals surface area contributed by atoms with Gasteiger partial charge in [-0.2, -0.15) is 0 Å². The largest absolute Gasteiger partial charge is 0.330 e. The fraction of sp³-hybridized carbons (Fsp3) is 0.857. The second kappa shape index (κ2) is 9.07. The van der Waals surface area contributed by atoms with Crippen molar-refractivity contribution in [3.63, 3.8) is 0 Å². The Labute approximate surface area is 132 Å². The summed E-state index contributed by atoms with van der Waals surface area (Å²) in [6.07, 6.45) is 0.746. The molecule has 4 nitrogen and oxygen atoms in total. The third-order valence-corrected chi connectivity index (χ3v) is 4.41. The van der Waals surface area contributed by atoms with Crippen LogP contribution in [-0.4, -0.2) is 86.1 Å². The normalized spacial score (nSPS) is 12.5. The van der Waals surface area contributed by atoms with E-state index < -0.39 is 0 Å². The highest BCUT2D eigenvalue weighted by Crippen LogP contribution is 2.13. The maximum atomic E-state index is 11.7. The highest BCUT2D eigenvalue weighted by Gasteiger charge is 2.13. The summed E-state index contributed by atoms with van der Waals surface area (Å²) in [5.41, 5.74) is 0. The van der Waals surface area contributed by atoms with E-state index in [1.165, 1.54) is 23.5 Å². The molecule has 0 aliphatic rings. The zero-order valence-electron chi connectivity index (χ0n) is 13.8. The van der Waals surface area contributed by atoms with Crippen molar-refractivity contribution in [3.05, 3.63) is 0 Å². The van der Waals surface area contributed by atoms with Crippen molar-refractivity contribution < 1.29 is 18.6 Å². The fourth-order valence-corrected chi connectivity index (χ4v) is 3.44.